The van der Waals surface area contributed by atoms with Gasteiger partial charge >= 0.3 is 23.7 Å². The van der Waals surface area contributed by atoms with Crippen LogP contribution < -0.4 is 0 Å². The number of rotatable bonds is 2. The first-order valence-corrected chi connectivity index (χ1v) is 5.45. The molecule has 1 aliphatic carbocycles. The fraction of sp³-hybridized carbons (Fsp3) is 1.00. The van der Waals surface area contributed by atoms with E-state index in [0.29, 0.717) is 0 Å². The molecule has 1 rings (SSSR count). The van der Waals surface area contributed by atoms with Crippen molar-refractivity contribution >= 4 is 0 Å². The van der Waals surface area contributed by atoms with Crippen LogP contribution in [0.2, 0.25) is 0 Å². The van der Waals surface area contributed by atoms with Crippen molar-refractivity contribution in [2.45, 2.75) is 61.7 Å². The first kappa shape index (κ1) is 17.4. The van der Waals surface area contributed by atoms with E-state index >= 15 is 0 Å². The van der Waals surface area contributed by atoms with Crippen LogP contribution in [-0.4, -0.2) is 35.0 Å². The van der Waals surface area contributed by atoms with E-state index in [9.17, 15) is 43.9 Å². The van der Waals surface area contributed by atoms with Gasteiger partial charge < -0.3 is 0 Å². The number of hydrogen-bond acceptors (Lipinski definition) is 0. The molecular weight excluding hydrogens is 310 g/mol. The summed E-state index contributed by atoms with van der Waals surface area (Å²) in [5.74, 6) is -25.5. The molecule has 0 aromatic heterocycles. The molecule has 2 atom stereocenters. The third-order valence-electron chi connectivity index (χ3n) is 3.56. The van der Waals surface area contributed by atoms with Gasteiger partial charge in [-0.05, 0) is 13.3 Å². The Bertz CT molecular complexity index is 367. The van der Waals surface area contributed by atoms with E-state index in [4.69, 9.17) is 0 Å². The van der Waals surface area contributed by atoms with E-state index in [1.807, 2.05) is 0 Å². The summed E-state index contributed by atoms with van der Waals surface area (Å²) in [6, 6.07) is 0. The molecule has 1 aliphatic rings. The van der Waals surface area contributed by atoms with Crippen molar-refractivity contribution < 1.29 is 43.9 Å². The SMILES string of the molecule is CCCC1(F)C(F)(F)C(C)(F)C(F)(F)C(F)(F)C1(F)F. The summed E-state index contributed by atoms with van der Waals surface area (Å²) in [6.07, 6.45) is -2.71. The Morgan fingerprint density at radius 2 is 1.00 bits per heavy atom. The Morgan fingerprint density at radius 3 is 1.35 bits per heavy atom. The van der Waals surface area contributed by atoms with E-state index in [0.717, 1.165) is 6.92 Å². The van der Waals surface area contributed by atoms with E-state index in [-0.39, 0.29) is 0 Å². The Balaban J connectivity index is 3.73. The summed E-state index contributed by atoms with van der Waals surface area (Å²) in [4.78, 5) is 0. The number of hydrogen-bond donors (Lipinski definition) is 0. The van der Waals surface area contributed by atoms with E-state index in [1.165, 1.54) is 0 Å². The molecule has 0 radical (unpaired) electrons. The minimum Gasteiger partial charge on any atom is -0.230 e. The van der Waals surface area contributed by atoms with Crippen molar-refractivity contribution in [2.75, 3.05) is 0 Å². The average Bonchev–Trinajstić information content (AvgIpc) is 2.26. The Labute approximate surface area is 107 Å². The second-order valence-corrected chi connectivity index (χ2v) is 4.85. The summed E-state index contributed by atoms with van der Waals surface area (Å²) in [5.41, 5.74) is -10.9. The minimum absolute atomic E-state index is 0.708. The predicted molar refractivity (Wildman–Crippen MR) is 48.0 cm³/mol. The van der Waals surface area contributed by atoms with Gasteiger partial charge in [0.1, 0.15) is 0 Å². The average molecular weight is 320 g/mol. The van der Waals surface area contributed by atoms with Crippen molar-refractivity contribution in [1.82, 2.24) is 0 Å². The third kappa shape index (κ3) is 1.40. The largest absolute Gasteiger partial charge is 0.379 e. The van der Waals surface area contributed by atoms with Crippen molar-refractivity contribution in [2.24, 2.45) is 0 Å². The Morgan fingerprint density at radius 1 is 0.600 bits per heavy atom. The van der Waals surface area contributed by atoms with Crippen LogP contribution in [0, 0.1) is 0 Å². The van der Waals surface area contributed by atoms with Gasteiger partial charge in [0.25, 0.3) is 0 Å². The van der Waals surface area contributed by atoms with Crippen LogP contribution in [0.1, 0.15) is 26.7 Å². The van der Waals surface area contributed by atoms with Gasteiger partial charge in [0, 0.05) is 0 Å². The lowest BCUT2D eigenvalue weighted by atomic mass is 9.66. The monoisotopic (exact) mass is 320 g/mol. The molecule has 0 aromatic rings. The zero-order chi connectivity index (χ0) is 16.4. The minimum atomic E-state index is -6.60. The Hall–Kier alpha value is -0.700. The molecule has 0 spiro atoms. The van der Waals surface area contributed by atoms with Gasteiger partial charge in [0.15, 0.2) is 0 Å². The van der Waals surface area contributed by atoms with Crippen molar-refractivity contribution in [3.05, 3.63) is 0 Å². The smallest absolute Gasteiger partial charge is 0.230 e. The standard InChI is InChI=1S/C10H10F10/c1-3-4-6(12)7(13,14)5(2,11)8(15,16)10(19,20)9(6,17)18/h3-4H2,1-2H3. The fourth-order valence-corrected chi connectivity index (χ4v) is 2.17. The molecule has 1 fully saturated rings. The molecule has 10 heteroatoms. The number of alkyl halides is 10. The lowest BCUT2D eigenvalue weighted by molar-refractivity contribution is -0.459. The highest BCUT2D eigenvalue weighted by atomic mass is 19.4. The van der Waals surface area contributed by atoms with Crippen LogP contribution in [0.3, 0.4) is 0 Å². The lowest BCUT2D eigenvalue weighted by Gasteiger charge is -2.54. The highest BCUT2D eigenvalue weighted by molar-refractivity contribution is 5.28. The van der Waals surface area contributed by atoms with Gasteiger partial charge in [0.05, 0.1) is 0 Å². The molecule has 20 heavy (non-hydrogen) atoms. The zero-order valence-corrected chi connectivity index (χ0v) is 10.2. The maximum Gasteiger partial charge on any atom is 0.379 e. The van der Waals surface area contributed by atoms with Crippen molar-refractivity contribution in [1.29, 1.82) is 0 Å². The van der Waals surface area contributed by atoms with Crippen molar-refractivity contribution in [3.63, 3.8) is 0 Å². The van der Waals surface area contributed by atoms with Crippen LogP contribution >= 0.6 is 0 Å². The van der Waals surface area contributed by atoms with Crippen LogP contribution in [0.25, 0.3) is 0 Å². The first-order valence-electron chi connectivity index (χ1n) is 5.45. The van der Waals surface area contributed by atoms with Gasteiger partial charge in [-0.1, -0.05) is 13.3 Å². The van der Waals surface area contributed by atoms with Gasteiger partial charge in [-0.25, -0.2) is 8.78 Å². The first-order chi connectivity index (χ1) is 8.56. The van der Waals surface area contributed by atoms with Gasteiger partial charge in [-0.3, -0.25) is 0 Å². The molecule has 0 aromatic carbocycles. The zero-order valence-electron chi connectivity index (χ0n) is 10.2. The molecule has 2 unspecified atom stereocenters. The molecular formula is C10H10F10. The molecule has 1 saturated carbocycles. The second-order valence-electron chi connectivity index (χ2n) is 4.85. The maximum absolute atomic E-state index is 13.9. The molecule has 0 bridgehead atoms. The number of halogens is 10. The summed E-state index contributed by atoms with van der Waals surface area (Å²) < 4.78 is 133. The summed E-state index contributed by atoms with van der Waals surface area (Å²) >= 11 is 0. The molecule has 0 saturated heterocycles. The normalized spacial score (nSPS) is 41.4. The van der Waals surface area contributed by atoms with Crippen LogP contribution in [0.5, 0.6) is 0 Å². The second kappa shape index (κ2) is 3.94. The van der Waals surface area contributed by atoms with Gasteiger partial charge in [-0.15, -0.1) is 0 Å². The van der Waals surface area contributed by atoms with Crippen molar-refractivity contribution in [3.8, 4) is 0 Å². The highest BCUT2D eigenvalue weighted by Crippen LogP contribution is 2.69. The summed E-state index contributed by atoms with van der Waals surface area (Å²) in [6.45, 7) is 0.175. The van der Waals surface area contributed by atoms with Gasteiger partial charge in [-0.2, -0.15) is 35.1 Å². The molecule has 0 nitrogen and oxygen atoms in total. The quantitative estimate of drug-likeness (QED) is 0.643. The lowest BCUT2D eigenvalue weighted by Crippen LogP contribution is -2.84. The van der Waals surface area contributed by atoms with E-state index < -0.39 is 54.8 Å². The van der Waals surface area contributed by atoms with Crippen LogP contribution in [0.4, 0.5) is 43.9 Å². The molecule has 0 aliphatic heterocycles. The third-order valence-corrected chi connectivity index (χ3v) is 3.56. The predicted octanol–water partition coefficient (Wildman–Crippen LogP) is 4.78. The summed E-state index contributed by atoms with van der Waals surface area (Å²) in [5, 5.41) is 0. The molecule has 0 N–H and O–H groups in total. The fourth-order valence-electron chi connectivity index (χ4n) is 2.17. The molecule has 0 heterocycles. The maximum atomic E-state index is 13.9. The van der Waals surface area contributed by atoms with E-state index in [1.54, 1.807) is 0 Å². The summed E-state index contributed by atoms with van der Waals surface area (Å²) in [7, 11) is 0. The topological polar surface area (TPSA) is 0 Å². The van der Waals surface area contributed by atoms with Crippen LogP contribution in [-0.2, 0) is 0 Å². The van der Waals surface area contributed by atoms with Crippen LogP contribution in [0.15, 0.2) is 0 Å². The molecule has 120 valence electrons. The van der Waals surface area contributed by atoms with Gasteiger partial charge in [0.2, 0.25) is 11.3 Å². The highest BCUT2D eigenvalue weighted by Gasteiger charge is 2.98. The Kier molecular flexibility index (Phi) is 3.42. The van der Waals surface area contributed by atoms with E-state index in [2.05, 4.69) is 0 Å². The molecule has 0 amide bonds.